The minimum Gasteiger partial charge on any atom is -0.350 e. The van der Waals surface area contributed by atoms with Crippen molar-refractivity contribution >= 4 is 12.2 Å². The number of nitrogens with zero attached hydrogens (tertiary/aromatic N) is 1. The van der Waals surface area contributed by atoms with Crippen molar-refractivity contribution in [3.05, 3.63) is 35.1 Å². The maximum Gasteiger partial charge on any atom is 0.417 e. The molecule has 0 saturated carbocycles. The Hall–Kier alpha value is -2.12. The quantitative estimate of drug-likeness (QED) is 0.468. The number of nitrogens with one attached hydrogen (secondary N) is 1. The molecule has 0 aliphatic heterocycles. The van der Waals surface area contributed by atoms with Gasteiger partial charge in [0.25, 0.3) is 0 Å². The second kappa shape index (κ2) is 4.81. The Morgan fingerprint density at radius 1 is 1.41 bits per heavy atom. The number of benzene rings is 1. The fraction of sp³-hybridized carbons (Fsp3) is 0.111. The van der Waals surface area contributed by atoms with Crippen molar-refractivity contribution in [3.63, 3.8) is 0 Å². The molecule has 4 nitrogen and oxygen atoms in total. The van der Waals surface area contributed by atoms with Crippen molar-refractivity contribution in [3.8, 4) is 0 Å². The van der Waals surface area contributed by atoms with E-state index in [0.717, 1.165) is 18.3 Å². The normalized spacial score (nSPS) is 11.8. The van der Waals surface area contributed by atoms with Crippen LogP contribution in [0.15, 0.2) is 23.3 Å². The predicted molar refractivity (Wildman–Crippen MR) is 51.7 cm³/mol. The third-order valence-corrected chi connectivity index (χ3v) is 1.70. The van der Waals surface area contributed by atoms with Crippen LogP contribution < -0.4 is 11.2 Å². The van der Waals surface area contributed by atoms with Crippen LogP contribution in [-0.2, 0) is 6.18 Å². The largest absolute Gasteiger partial charge is 0.417 e. The lowest BCUT2D eigenvalue weighted by molar-refractivity contribution is -0.137. The Balaban J connectivity index is 3.07. The van der Waals surface area contributed by atoms with E-state index in [1.165, 1.54) is 0 Å². The van der Waals surface area contributed by atoms with Gasteiger partial charge in [-0.1, -0.05) is 0 Å². The molecule has 1 aromatic rings. The molecule has 0 spiro atoms. The summed E-state index contributed by atoms with van der Waals surface area (Å²) in [5, 5.41) is 3.17. The summed E-state index contributed by atoms with van der Waals surface area (Å²) in [5.74, 6) is -1.02. The van der Waals surface area contributed by atoms with E-state index in [2.05, 4.69) is 10.8 Å². The van der Waals surface area contributed by atoms with Crippen LogP contribution in [0.25, 0.3) is 0 Å². The summed E-state index contributed by atoms with van der Waals surface area (Å²) in [7, 11) is 0. The monoisotopic (exact) mass is 249 g/mol. The maximum absolute atomic E-state index is 12.7. The number of carbonyl (C=O) groups is 1. The summed E-state index contributed by atoms with van der Waals surface area (Å²) in [6.45, 7) is 0. The zero-order valence-corrected chi connectivity index (χ0v) is 8.25. The molecule has 0 bridgehead atoms. The van der Waals surface area contributed by atoms with E-state index in [0.29, 0.717) is 6.07 Å². The van der Waals surface area contributed by atoms with Crippen LogP contribution >= 0.6 is 0 Å². The van der Waals surface area contributed by atoms with Crippen LogP contribution in [0.1, 0.15) is 11.1 Å². The molecule has 1 rings (SSSR count). The van der Waals surface area contributed by atoms with Crippen LogP contribution in [0.2, 0.25) is 0 Å². The van der Waals surface area contributed by atoms with Crippen molar-refractivity contribution in [2.75, 3.05) is 0 Å². The first kappa shape index (κ1) is 12.9. The number of alkyl halides is 3. The van der Waals surface area contributed by atoms with E-state index in [4.69, 9.17) is 0 Å². The third kappa shape index (κ3) is 3.74. The van der Waals surface area contributed by atoms with Crippen molar-refractivity contribution in [2.24, 2.45) is 10.8 Å². The van der Waals surface area contributed by atoms with Gasteiger partial charge in [-0.15, -0.1) is 0 Å². The highest BCUT2D eigenvalue weighted by Gasteiger charge is 2.33. The second-order valence-electron chi connectivity index (χ2n) is 2.96. The van der Waals surface area contributed by atoms with E-state index in [1.54, 1.807) is 5.43 Å². The number of primary amides is 1. The van der Waals surface area contributed by atoms with Crippen molar-refractivity contribution in [2.45, 2.75) is 6.18 Å². The first-order chi connectivity index (χ1) is 7.80. The fourth-order valence-electron chi connectivity index (χ4n) is 1.05. The van der Waals surface area contributed by atoms with Gasteiger partial charge in [-0.25, -0.2) is 14.6 Å². The van der Waals surface area contributed by atoms with Gasteiger partial charge in [0, 0.05) is 5.56 Å². The number of rotatable bonds is 2. The lowest BCUT2D eigenvalue weighted by Gasteiger charge is -2.09. The summed E-state index contributed by atoms with van der Waals surface area (Å²) < 4.78 is 50.1. The number of hydrazone groups is 1. The zero-order chi connectivity index (χ0) is 13.1. The van der Waals surface area contributed by atoms with Gasteiger partial charge in [-0.05, 0) is 18.2 Å². The van der Waals surface area contributed by atoms with Gasteiger partial charge in [0.05, 0.1) is 11.8 Å². The second-order valence-corrected chi connectivity index (χ2v) is 2.96. The van der Waals surface area contributed by atoms with Crippen LogP contribution in [0, 0.1) is 5.82 Å². The molecule has 1 aromatic carbocycles. The average molecular weight is 249 g/mol. The van der Waals surface area contributed by atoms with Crippen molar-refractivity contribution in [1.29, 1.82) is 0 Å². The number of halogens is 4. The summed E-state index contributed by atoms with van der Waals surface area (Å²) >= 11 is 0. The predicted octanol–water partition coefficient (Wildman–Crippen LogP) is 1.85. The van der Waals surface area contributed by atoms with Crippen LogP contribution in [-0.4, -0.2) is 12.2 Å². The number of hydrogen-bond acceptors (Lipinski definition) is 2. The molecule has 0 aliphatic rings. The first-order valence-corrected chi connectivity index (χ1v) is 4.26. The Morgan fingerprint density at radius 3 is 2.59 bits per heavy atom. The molecule has 0 radical (unpaired) electrons. The van der Waals surface area contributed by atoms with Gasteiger partial charge in [0.15, 0.2) is 0 Å². The molecule has 2 amide bonds. The van der Waals surface area contributed by atoms with Crippen LogP contribution in [0.5, 0.6) is 0 Å². The van der Waals surface area contributed by atoms with Gasteiger partial charge in [-0.3, -0.25) is 0 Å². The molecule has 0 aliphatic carbocycles. The van der Waals surface area contributed by atoms with E-state index >= 15 is 0 Å². The summed E-state index contributed by atoms with van der Waals surface area (Å²) in [6.07, 6.45) is -3.98. The molecule has 0 aromatic heterocycles. The molecule has 0 fully saturated rings. The van der Waals surface area contributed by atoms with Crippen LogP contribution in [0.4, 0.5) is 22.4 Å². The van der Waals surface area contributed by atoms with E-state index in [1.807, 2.05) is 0 Å². The number of nitrogens with two attached hydrogens (primary N) is 1. The maximum atomic E-state index is 12.7. The molecule has 0 unspecified atom stereocenters. The SMILES string of the molecule is NC(=O)N/N=C/c1ccc(F)cc1C(F)(F)F. The Morgan fingerprint density at radius 2 is 2.06 bits per heavy atom. The Bertz CT molecular complexity index is 456. The lowest BCUT2D eigenvalue weighted by atomic mass is 10.1. The van der Waals surface area contributed by atoms with E-state index < -0.39 is 23.6 Å². The minimum absolute atomic E-state index is 0.339. The van der Waals surface area contributed by atoms with E-state index in [-0.39, 0.29) is 5.56 Å². The first-order valence-electron chi connectivity index (χ1n) is 4.26. The van der Waals surface area contributed by atoms with Gasteiger partial charge in [0.1, 0.15) is 5.82 Å². The molecule has 0 saturated heterocycles. The van der Waals surface area contributed by atoms with Gasteiger partial charge < -0.3 is 5.73 Å². The molecule has 3 N–H and O–H groups in total. The lowest BCUT2D eigenvalue weighted by Crippen LogP contribution is -2.24. The molecular formula is C9H7F4N3O. The number of urea groups is 1. The molecule has 0 atom stereocenters. The highest BCUT2D eigenvalue weighted by Crippen LogP contribution is 2.31. The van der Waals surface area contributed by atoms with Gasteiger partial charge in [-0.2, -0.15) is 18.3 Å². The van der Waals surface area contributed by atoms with Crippen molar-refractivity contribution < 1.29 is 22.4 Å². The highest BCUT2D eigenvalue weighted by molar-refractivity contribution is 5.83. The van der Waals surface area contributed by atoms with Gasteiger partial charge in [0.2, 0.25) is 0 Å². The number of hydrogen-bond donors (Lipinski definition) is 2. The van der Waals surface area contributed by atoms with Gasteiger partial charge >= 0.3 is 12.2 Å². The molecule has 0 heterocycles. The number of amides is 2. The van der Waals surface area contributed by atoms with E-state index in [9.17, 15) is 22.4 Å². The fourth-order valence-corrected chi connectivity index (χ4v) is 1.05. The smallest absolute Gasteiger partial charge is 0.350 e. The molecule has 17 heavy (non-hydrogen) atoms. The topological polar surface area (TPSA) is 67.5 Å². The summed E-state index contributed by atoms with van der Waals surface area (Å²) in [4.78, 5) is 10.2. The molecule has 92 valence electrons. The van der Waals surface area contributed by atoms with Crippen LogP contribution in [0.3, 0.4) is 0 Å². The Kier molecular flexibility index (Phi) is 3.66. The number of carbonyl (C=O) groups excluding carboxylic acids is 1. The molecule has 8 heteroatoms. The molecular weight excluding hydrogens is 242 g/mol. The highest BCUT2D eigenvalue weighted by atomic mass is 19.4. The standard InChI is InChI=1S/C9H7F4N3O/c10-6-2-1-5(4-15-16-8(14)17)7(3-6)9(11,12)13/h1-4H,(H3,14,16,17)/b15-4+. The summed E-state index contributed by atoms with van der Waals surface area (Å²) in [6, 6.07) is 1.06. The van der Waals surface area contributed by atoms with Crippen molar-refractivity contribution in [1.82, 2.24) is 5.43 Å². The third-order valence-electron chi connectivity index (χ3n) is 1.70. The zero-order valence-electron chi connectivity index (χ0n) is 8.25. The average Bonchev–Trinajstić information content (AvgIpc) is 2.18. The minimum atomic E-state index is -4.71. The Labute approximate surface area is 93.1 Å². The summed E-state index contributed by atoms with van der Waals surface area (Å²) in [5.41, 5.74) is 4.82.